The summed E-state index contributed by atoms with van der Waals surface area (Å²) in [6, 6.07) is 4.65. The molecule has 5 heteroatoms. The molecule has 4 nitrogen and oxygen atoms in total. The fraction of sp³-hybridized carbons (Fsp3) is 0.231. The molecular weight excluding hydrogens is 231 g/mol. The lowest BCUT2D eigenvalue weighted by molar-refractivity contribution is 0.611. The van der Waals surface area contributed by atoms with Crippen LogP contribution < -0.4 is 5.32 Å². The smallest absolute Gasteiger partial charge is 0.163 e. The average Bonchev–Trinajstić information content (AvgIpc) is 2.76. The minimum atomic E-state index is -0.263. The highest BCUT2D eigenvalue weighted by Gasteiger charge is 2.16. The summed E-state index contributed by atoms with van der Waals surface area (Å²) in [7, 11) is 0. The maximum absolute atomic E-state index is 13.2. The summed E-state index contributed by atoms with van der Waals surface area (Å²) in [5, 5.41) is 8.68. The van der Waals surface area contributed by atoms with Crippen LogP contribution in [0.3, 0.4) is 0 Å². The third-order valence-corrected chi connectivity index (χ3v) is 3.43. The predicted octanol–water partition coefficient (Wildman–Crippen LogP) is 1.67. The molecule has 0 amide bonds. The summed E-state index contributed by atoms with van der Waals surface area (Å²) in [5.74, 6) is -0.263. The number of hydrogen-bond acceptors (Lipinski definition) is 3. The zero-order valence-electron chi connectivity index (χ0n) is 9.65. The molecule has 0 fully saturated rings. The summed E-state index contributed by atoms with van der Waals surface area (Å²) < 4.78 is 15.1. The molecule has 0 unspecified atom stereocenters. The zero-order chi connectivity index (χ0) is 12.1. The molecule has 18 heavy (non-hydrogen) atoms. The molecule has 1 aliphatic rings. The van der Waals surface area contributed by atoms with E-state index < -0.39 is 0 Å². The first-order valence-electron chi connectivity index (χ1n) is 5.98. The number of benzene rings is 1. The topological polar surface area (TPSA) is 42.2 Å². The summed E-state index contributed by atoms with van der Waals surface area (Å²) in [5.41, 5.74) is 3.82. The fourth-order valence-electron chi connectivity index (χ4n) is 2.55. The SMILES string of the molecule is Fc1ccc2c(c1)nn1c3c(cnc21)CNCC3. The quantitative estimate of drug-likeness (QED) is 0.652. The zero-order valence-corrected chi connectivity index (χ0v) is 9.65. The number of fused-ring (bicyclic) bond motifs is 5. The molecule has 2 aromatic heterocycles. The van der Waals surface area contributed by atoms with Crippen LogP contribution in [0.15, 0.2) is 24.4 Å². The van der Waals surface area contributed by atoms with Crippen molar-refractivity contribution in [2.24, 2.45) is 0 Å². The monoisotopic (exact) mass is 242 g/mol. The molecule has 0 atom stereocenters. The van der Waals surface area contributed by atoms with Crippen molar-refractivity contribution in [3.05, 3.63) is 41.5 Å². The van der Waals surface area contributed by atoms with Crippen LogP contribution in [0.1, 0.15) is 11.3 Å². The van der Waals surface area contributed by atoms with Gasteiger partial charge >= 0.3 is 0 Å². The van der Waals surface area contributed by atoms with Crippen LogP contribution >= 0.6 is 0 Å². The van der Waals surface area contributed by atoms with Crippen molar-refractivity contribution in [1.29, 1.82) is 0 Å². The Kier molecular flexibility index (Phi) is 1.93. The molecule has 3 aromatic rings. The van der Waals surface area contributed by atoms with Gasteiger partial charge in [-0.3, -0.25) is 0 Å². The van der Waals surface area contributed by atoms with Gasteiger partial charge in [-0.2, -0.15) is 5.10 Å². The summed E-state index contributed by atoms with van der Waals surface area (Å²) >= 11 is 0. The lowest BCUT2D eigenvalue weighted by Gasteiger charge is -2.16. The van der Waals surface area contributed by atoms with Crippen LogP contribution in [-0.2, 0) is 13.0 Å². The second kappa shape index (κ2) is 3.49. The summed E-state index contributed by atoms with van der Waals surface area (Å²) in [6.07, 6.45) is 2.81. The molecule has 0 saturated heterocycles. The van der Waals surface area contributed by atoms with Gasteiger partial charge in [0.1, 0.15) is 5.82 Å². The van der Waals surface area contributed by atoms with E-state index in [1.807, 2.05) is 10.7 Å². The molecule has 1 N–H and O–H groups in total. The summed E-state index contributed by atoms with van der Waals surface area (Å²) in [6.45, 7) is 1.76. The van der Waals surface area contributed by atoms with E-state index in [0.717, 1.165) is 30.5 Å². The Balaban J connectivity index is 2.13. The largest absolute Gasteiger partial charge is 0.312 e. The van der Waals surface area contributed by atoms with Gasteiger partial charge < -0.3 is 5.32 Å². The van der Waals surface area contributed by atoms with Crippen molar-refractivity contribution in [3.63, 3.8) is 0 Å². The minimum Gasteiger partial charge on any atom is -0.312 e. The molecule has 1 aromatic carbocycles. The molecule has 90 valence electrons. The highest BCUT2D eigenvalue weighted by atomic mass is 19.1. The first-order valence-corrected chi connectivity index (χ1v) is 5.98. The van der Waals surface area contributed by atoms with Crippen LogP contribution in [0.4, 0.5) is 4.39 Å². The number of rotatable bonds is 0. The Hall–Kier alpha value is -2.01. The van der Waals surface area contributed by atoms with Crippen molar-refractivity contribution in [1.82, 2.24) is 19.9 Å². The van der Waals surface area contributed by atoms with Gasteiger partial charge in [-0.1, -0.05) is 0 Å². The van der Waals surface area contributed by atoms with Crippen LogP contribution in [0.25, 0.3) is 16.6 Å². The third kappa shape index (κ3) is 1.28. The Morgan fingerprint density at radius 2 is 2.28 bits per heavy atom. The maximum Gasteiger partial charge on any atom is 0.163 e. The lowest BCUT2D eigenvalue weighted by atomic mass is 10.1. The Morgan fingerprint density at radius 1 is 1.33 bits per heavy atom. The normalized spacial score (nSPS) is 15.2. The van der Waals surface area contributed by atoms with Crippen molar-refractivity contribution in [2.45, 2.75) is 13.0 Å². The lowest BCUT2D eigenvalue weighted by Crippen LogP contribution is -2.26. The molecule has 4 rings (SSSR count). The highest BCUT2D eigenvalue weighted by Crippen LogP contribution is 2.22. The van der Waals surface area contributed by atoms with E-state index >= 15 is 0 Å². The predicted molar refractivity (Wildman–Crippen MR) is 65.9 cm³/mol. The van der Waals surface area contributed by atoms with E-state index in [1.54, 1.807) is 6.07 Å². The van der Waals surface area contributed by atoms with Crippen molar-refractivity contribution in [2.75, 3.05) is 6.54 Å². The van der Waals surface area contributed by atoms with Gasteiger partial charge in [0.25, 0.3) is 0 Å². The van der Waals surface area contributed by atoms with E-state index in [4.69, 9.17) is 0 Å². The molecule has 1 aliphatic heterocycles. The van der Waals surface area contributed by atoms with Crippen LogP contribution in [0, 0.1) is 5.82 Å². The van der Waals surface area contributed by atoms with Gasteiger partial charge in [-0.15, -0.1) is 0 Å². The Bertz CT molecular complexity index is 762. The standard InChI is InChI=1S/C13H11FN4/c14-9-1-2-10-11(5-9)17-18-12-3-4-15-6-8(12)7-16-13(10)18/h1-2,5,7,15H,3-4,6H2. The molecule has 0 saturated carbocycles. The minimum absolute atomic E-state index is 0.263. The third-order valence-electron chi connectivity index (χ3n) is 3.43. The van der Waals surface area contributed by atoms with Crippen LogP contribution in [0.5, 0.6) is 0 Å². The first-order chi connectivity index (χ1) is 8.83. The summed E-state index contributed by atoms with van der Waals surface area (Å²) in [4.78, 5) is 4.45. The van der Waals surface area contributed by atoms with Gasteiger partial charge in [0, 0.05) is 42.7 Å². The van der Waals surface area contributed by atoms with Crippen molar-refractivity contribution >= 4 is 16.6 Å². The van der Waals surface area contributed by atoms with Crippen LogP contribution in [0.2, 0.25) is 0 Å². The van der Waals surface area contributed by atoms with E-state index in [0.29, 0.717) is 5.52 Å². The van der Waals surface area contributed by atoms with Gasteiger partial charge in [0.2, 0.25) is 0 Å². The highest BCUT2D eigenvalue weighted by molar-refractivity contribution is 5.92. The number of hydrogen-bond donors (Lipinski definition) is 1. The average molecular weight is 242 g/mol. The van der Waals surface area contributed by atoms with E-state index in [9.17, 15) is 4.39 Å². The van der Waals surface area contributed by atoms with Gasteiger partial charge in [-0.25, -0.2) is 13.9 Å². The number of nitrogens with zero attached hydrogens (tertiary/aromatic N) is 3. The molecule has 0 radical (unpaired) electrons. The van der Waals surface area contributed by atoms with Gasteiger partial charge in [0.15, 0.2) is 5.65 Å². The van der Waals surface area contributed by atoms with E-state index in [2.05, 4.69) is 15.4 Å². The molecule has 0 spiro atoms. The number of nitrogens with one attached hydrogen (secondary N) is 1. The first kappa shape index (κ1) is 9.96. The molecule has 0 aliphatic carbocycles. The molecule has 3 heterocycles. The van der Waals surface area contributed by atoms with Gasteiger partial charge in [0.05, 0.1) is 11.2 Å². The van der Waals surface area contributed by atoms with Crippen molar-refractivity contribution in [3.8, 4) is 0 Å². The Morgan fingerprint density at radius 3 is 3.22 bits per heavy atom. The van der Waals surface area contributed by atoms with Crippen molar-refractivity contribution < 1.29 is 4.39 Å². The Labute approximate surface area is 102 Å². The maximum atomic E-state index is 13.2. The van der Waals surface area contributed by atoms with Gasteiger partial charge in [-0.05, 0) is 12.1 Å². The fourth-order valence-corrected chi connectivity index (χ4v) is 2.55. The van der Waals surface area contributed by atoms with Crippen LogP contribution in [-0.4, -0.2) is 21.1 Å². The molecule has 0 bridgehead atoms. The second-order valence-corrected chi connectivity index (χ2v) is 4.55. The molecular formula is C13H11FN4. The second-order valence-electron chi connectivity index (χ2n) is 4.55. The number of halogens is 1. The van der Waals surface area contributed by atoms with E-state index in [-0.39, 0.29) is 5.82 Å². The van der Waals surface area contributed by atoms with E-state index in [1.165, 1.54) is 23.4 Å². The number of aromatic nitrogens is 3.